The van der Waals surface area contributed by atoms with E-state index in [0.717, 1.165) is 25.2 Å². The van der Waals surface area contributed by atoms with Crippen LogP contribution in [0.15, 0.2) is 48.5 Å². The van der Waals surface area contributed by atoms with Gasteiger partial charge in [0, 0.05) is 62.9 Å². The molecule has 2 aliphatic heterocycles. The summed E-state index contributed by atoms with van der Waals surface area (Å²) in [7, 11) is 4.14. The van der Waals surface area contributed by atoms with Gasteiger partial charge in [-0.2, -0.15) is 0 Å². The highest BCUT2D eigenvalue weighted by Crippen LogP contribution is 2.23. The first-order valence-electron chi connectivity index (χ1n) is 11.9. The molecule has 2 aromatic carbocycles. The van der Waals surface area contributed by atoms with Crippen LogP contribution in [-0.2, 0) is 22.6 Å². The van der Waals surface area contributed by atoms with E-state index in [2.05, 4.69) is 58.8 Å². The lowest BCUT2D eigenvalue weighted by Crippen LogP contribution is -2.58. The first-order valence-corrected chi connectivity index (χ1v) is 12.3. The Kier molecular flexibility index (Phi) is 8.08. The standard InChI is InChI=1S/C26H34ClN5O2/c1-30(2)18-20-5-3-4-6-24(20)31-11-13-32(14-12-31)26(34)23(29-25(33)21-16-28-17-21)15-19-7-9-22(27)10-8-19/h3-10,21,23,28H,11-18H2,1-2H3,(H,29,33)/t23-/m1/s1. The van der Waals surface area contributed by atoms with Crippen molar-refractivity contribution >= 4 is 29.1 Å². The van der Waals surface area contributed by atoms with E-state index in [9.17, 15) is 9.59 Å². The molecule has 1 atom stereocenters. The van der Waals surface area contributed by atoms with Crippen molar-refractivity contribution in [3.05, 3.63) is 64.7 Å². The van der Waals surface area contributed by atoms with E-state index in [-0.39, 0.29) is 17.7 Å². The van der Waals surface area contributed by atoms with Crippen LogP contribution in [-0.4, -0.2) is 81.0 Å². The highest BCUT2D eigenvalue weighted by molar-refractivity contribution is 6.30. The molecule has 2 fully saturated rings. The zero-order chi connectivity index (χ0) is 24.1. The summed E-state index contributed by atoms with van der Waals surface area (Å²) in [5, 5.41) is 6.81. The minimum Gasteiger partial charge on any atom is -0.368 e. The van der Waals surface area contributed by atoms with Gasteiger partial charge < -0.3 is 25.3 Å². The molecule has 0 spiro atoms. The van der Waals surface area contributed by atoms with Gasteiger partial charge >= 0.3 is 0 Å². The number of para-hydroxylation sites is 1. The predicted octanol–water partition coefficient (Wildman–Crippen LogP) is 2.00. The monoisotopic (exact) mass is 483 g/mol. The molecular weight excluding hydrogens is 450 g/mol. The van der Waals surface area contributed by atoms with Gasteiger partial charge in [-0.3, -0.25) is 9.59 Å². The summed E-state index contributed by atoms with van der Waals surface area (Å²) in [6, 6.07) is 15.4. The second-order valence-corrected chi connectivity index (χ2v) is 9.86. The number of piperazine rings is 1. The fourth-order valence-corrected chi connectivity index (χ4v) is 4.63. The van der Waals surface area contributed by atoms with Gasteiger partial charge in [-0.25, -0.2) is 0 Å². The zero-order valence-electron chi connectivity index (χ0n) is 20.0. The van der Waals surface area contributed by atoms with Crippen LogP contribution in [0.1, 0.15) is 11.1 Å². The number of nitrogens with one attached hydrogen (secondary N) is 2. The summed E-state index contributed by atoms with van der Waals surface area (Å²) in [4.78, 5) is 32.6. The van der Waals surface area contributed by atoms with E-state index in [1.807, 2.05) is 29.2 Å². The molecular formula is C26H34ClN5O2. The summed E-state index contributed by atoms with van der Waals surface area (Å²) >= 11 is 6.03. The van der Waals surface area contributed by atoms with Gasteiger partial charge in [0.25, 0.3) is 0 Å². The van der Waals surface area contributed by atoms with Crippen molar-refractivity contribution < 1.29 is 9.59 Å². The number of carbonyl (C=O) groups excluding carboxylic acids is 2. The molecule has 4 rings (SSSR count). The van der Waals surface area contributed by atoms with E-state index in [4.69, 9.17) is 11.6 Å². The summed E-state index contributed by atoms with van der Waals surface area (Å²) in [6.45, 7) is 5.01. The van der Waals surface area contributed by atoms with Gasteiger partial charge in [0.15, 0.2) is 0 Å². The molecule has 0 unspecified atom stereocenters. The van der Waals surface area contributed by atoms with Crippen molar-refractivity contribution in [2.75, 3.05) is 58.3 Å². The van der Waals surface area contributed by atoms with Crippen molar-refractivity contribution in [2.45, 2.75) is 19.0 Å². The quantitative estimate of drug-likeness (QED) is 0.601. The molecule has 2 aromatic rings. The highest BCUT2D eigenvalue weighted by atomic mass is 35.5. The molecule has 0 aromatic heterocycles. The average molecular weight is 484 g/mol. The molecule has 182 valence electrons. The number of carbonyl (C=O) groups is 2. The number of hydrogen-bond acceptors (Lipinski definition) is 5. The van der Waals surface area contributed by atoms with Crippen LogP contribution in [0.25, 0.3) is 0 Å². The molecule has 7 nitrogen and oxygen atoms in total. The van der Waals surface area contributed by atoms with Crippen LogP contribution >= 0.6 is 11.6 Å². The number of nitrogens with zero attached hydrogens (tertiary/aromatic N) is 3. The lowest BCUT2D eigenvalue weighted by molar-refractivity contribution is -0.138. The fraction of sp³-hybridized carbons (Fsp3) is 0.462. The molecule has 0 bridgehead atoms. The molecule has 0 saturated carbocycles. The summed E-state index contributed by atoms with van der Waals surface area (Å²) < 4.78 is 0. The maximum absolute atomic E-state index is 13.5. The van der Waals surface area contributed by atoms with E-state index in [1.54, 1.807) is 0 Å². The lowest BCUT2D eigenvalue weighted by atomic mass is 9.99. The number of benzene rings is 2. The van der Waals surface area contributed by atoms with Crippen LogP contribution in [0.4, 0.5) is 5.69 Å². The number of halogens is 1. The second kappa shape index (κ2) is 11.2. The van der Waals surface area contributed by atoms with Gasteiger partial charge in [-0.05, 0) is 43.4 Å². The topological polar surface area (TPSA) is 67.9 Å². The molecule has 2 N–H and O–H groups in total. The molecule has 2 heterocycles. The van der Waals surface area contributed by atoms with E-state index >= 15 is 0 Å². The van der Waals surface area contributed by atoms with Gasteiger partial charge in [-0.1, -0.05) is 41.9 Å². The third-order valence-corrected chi connectivity index (χ3v) is 6.78. The largest absolute Gasteiger partial charge is 0.368 e. The van der Waals surface area contributed by atoms with E-state index < -0.39 is 6.04 Å². The molecule has 2 aliphatic rings. The normalized spacial score (nSPS) is 17.4. The molecule has 0 aliphatic carbocycles. The Labute approximate surface area is 207 Å². The Hall–Kier alpha value is -2.61. The third kappa shape index (κ3) is 6.09. The Morgan fingerprint density at radius 2 is 1.74 bits per heavy atom. The van der Waals surface area contributed by atoms with E-state index in [1.165, 1.54) is 11.3 Å². The Bertz CT molecular complexity index is 985. The van der Waals surface area contributed by atoms with Crippen molar-refractivity contribution in [2.24, 2.45) is 5.92 Å². The van der Waals surface area contributed by atoms with Gasteiger partial charge in [-0.15, -0.1) is 0 Å². The Balaban J connectivity index is 1.42. The highest BCUT2D eigenvalue weighted by Gasteiger charge is 2.32. The minimum atomic E-state index is -0.582. The van der Waals surface area contributed by atoms with Crippen molar-refractivity contribution in [1.82, 2.24) is 20.4 Å². The number of hydrogen-bond donors (Lipinski definition) is 2. The second-order valence-electron chi connectivity index (χ2n) is 9.43. The molecule has 8 heteroatoms. The molecule has 2 saturated heterocycles. The van der Waals surface area contributed by atoms with Crippen LogP contribution in [0.2, 0.25) is 5.02 Å². The smallest absolute Gasteiger partial charge is 0.245 e. The third-order valence-electron chi connectivity index (χ3n) is 6.53. The van der Waals surface area contributed by atoms with Crippen molar-refractivity contribution in [1.29, 1.82) is 0 Å². The summed E-state index contributed by atoms with van der Waals surface area (Å²) in [5.74, 6) is -0.135. The van der Waals surface area contributed by atoms with Gasteiger partial charge in [0.05, 0.1) is 5.92 Å². The van der Waals surface area contributed by atoms with Crippen LogP contribution in [0, 0.1) is 5.92 Å². The first-order chi connectivity index (χ1) is 16.4. The minimum absolute atomic E-state index is 0.0168. The van der Waals surface area contributed by atoms with Crippen molar-refractivity contribution in [3.8, 4) is 0 Å². The van der Waals surface area contributed by atoms with Crippen LogP contribution in [0.5, 0.6) is 0 Å². The first kappa shape index (κ1) is 24.5. The Morgan fingerprint density at radius 1 is 1.06 bits per heavy atom. The summed E-state index contributed by atoms with van der Waals surface area (Å²) in [5.41, 5.74) is 3.49. The predicted molar refractivity (Wildman–Crippen MR) is 136 cm³/mol. The zero-order valence-corrected chi connectivity index (χ0v) is 20.7. The number of amides is 2. The van der Waals surface area contributed by atoms with Gasteiger partial charge in [0.2, 0.25) is 11.8 Å². The maximum Gasteiger partial charge on any atom is 0.245 e. The van der Waals surface area contributed by atoms with E-state index in [0.29, 0.717) is 37.6 Å². The average Bonchev–Trinajstić information content (AvgIpc) is 2.78. The fourth-order valence-electron chi connectivity index (χ4n) is 4.50. The van der Waals surface area contributed by atoms with Gasteiger partial charge in [0.1, 0.15) is 6.04 Å². The lowest BCUT2D eigenvalue weighted by Gasteiger charge is -2.39. The molecule has 2 amide bonds. The SMILES string of the molecule is CN(C)Cc1ccccc1N1CCN(C(=O)[C@@H](Cc2ccc(Cl)cc2)NC(=O)C2CNC2)CC1. The molecule has 34 heavy (non-hydrogen) atoms. The Morgan fingerprint density at radius 3 is 2.35 bits per heavy atom. The van der Waals surface area contributed by atoms with Crippen LogP contribution < -0.4 is 15.5 Å². The number of anilines is 1. The molecule has 0 radical (unpaired) electrons. The number of rotatable bonds is 8. The van der Waals surface area contributed by atoms with Crippen molar-refractivity contribution in [3.63, 3.8) is 0 Å². The van der Waals surface area contributed by atoms with Crippen LogP contribution in [0.3, 0.4) is 0 Å². The summed E-state index contributed by atoms with van der Waals surface area (Å²) in [6.07, 6.45) is 0.452. The maximum atomic E-state index is 13.5.